The third kappa shape index (κ3) is 7.33. The molecule has 0 spiro atoms. The van der Waals surface area contributed by atoms with Gasteiger partial charge in [-0.25, -0.2) is 9.78 Å². The molecule has 0 fully saturated rings. The topological polar surface area (TPSA) is 71.5 Å². The van der Waals surface area contributed by atoms with Gasteiger partial charge in [0.2, 0.25) is 0 Å². The smallest absolute Gasteiger partial charge is 0.414 e. The van der Waals surface area contributed by atoms with Gasteiger partial charge >= 0.3 is 6.09 Å². The van der Waals surface area contributed by atoms with Crippen molar-refractivity contribution in [3.63, 3.8) is 0 Å². The maximum Gasteiger partial charge on any atom is 0.414 e. The molecule has 3 aromatic carbocycles. The summed E-state index contributed by atoms with van der Waals surface area (Å²) < 4.78 is 5.67. The summed E-state index contributed by atoms with van der Waals surface area (Å²) >= 11 is 1.59. The van der Waals surface area contributed by atoms with Gasteiger partial charge in [-0.2, -0.15) is 0 Å². The van der Waals surface area contributed by atoms with Crippen LogP contribution in [0.1, 0.15) is 53.0 Å². The SMILES string of the molecule is Cc1ccc(-c2c(C)cccc2C(=O)Nc2ccc(N(CCc3csc(C)n3)C(=O)OC(C)(C)C)cc2)cc1. The van der Waals surface area contributed by atoms with E-state index < -0.39 is 11.7 Å². The van der Waals surface area contributed by atoms with Crippen molar-refractivity contribution in [3.8, 4) is 11.1 Å². The number of carbonyl (C=O) groups excluding carboxylic acids is 2. The average Bonchev–Trinajstić information content (AvgIpc) is 3.29. The van der Waals surface area contributed by atoms with E-state index in [2.05, 4.69) is 10.3 Å². The standard InChI is InChI=1S/C32H35N3O3S/c1-21-10-12-24(13-11-21)29-22(2)8-7-9-28(29)30(36)34-25-14-16-27(17-15-25)35(31(37)38-32(4,5)6)19-18-26-20-39-23(3)33-26/h7-17,20H,18-19H2,1-6H3,(H,34,36). The first-order valence-corrected chi connectivity index (χ1v) is 13.9. The largest absolute Gasteiger partial charge is 0.443 e. The molecular formula is C32H35N3O3S. The molecule has 2 amide bonds. The fraction of sp³-hybridized carbons (Fsp3) is 0.281. The van der Waals surface area contributed by atoms with Crippen LogP contribution in [0.5, 0.6) is 0 Å². The first-order valence-electron chi connectivity index (χ1n) is 13.0. The first kappa shape index (κ1) is 28.0. The molecule has 0 aliphatic heterocycles. The van der Waals surface area contributed by atoms with E-state index in [9.17, 15) is 9.59 Å². The number of ether oxygens (including phenoxy) is 1. The zero-order chi connectivity index (χ0) is 28.2. The Bertz CT molecular complexity index is 1450. The molecule has 0 radical (unpaired) electrons. The summed E-state index contributed by atoms with van der Waals surface area (Å²) in [4.78, 5) is 32.6. The summed E-state index contributed by atoms with van der Waals surface area (Å²) in [5, 5.41) is 6.02. The molecule has 6 nitrogen and oxygen atoms in total. The van der Waals surface area contributed by atoms with Gasteiger partial charge in [-0.15, -0.1) is 11.3 Å². The molecule has 0 saturated carbocycles. The van der Waals surface area contributed by atoms with E-state index in [1.54, 1.807) is 28.4 Å². The van der Waals surface area contributed by atoms with Gasteiger partial charge in [0, 0.05) is 35.3 Å². The molecule has 4 aromatic rings. The minimum absolute atomic E-state index is 0.190. The highest BCUT2D eigenvalue weighted by Crippen LogP contribution is 2.29. The van der Waals surface area contributed by atoms with Crippen molar-refractivity contribution < 1.29 is 14.3 Å². The molecule has 0 aliphatic rings. The maximum atomic E-state index is 13.4. The van der Waals surface area contributed by atoms with Crippen LogP contribution in [0.2, 0.25) is 0 Å². The van der Waals surface area contributed by atoms with E-state index in [1.165, 1.54) is 5.56 Å². The molecule has 0 aliphatic carbocycles. The lowest BCUT2D eigenvalue weighted by molar-refractivity contribution is 0.0580. The Kier molecular flexibility index (Phi) is 8.51. The third-order valence-corrected chi connectivity index (χ3v) is 6.99. The summed E-state index contributed by atoms with van der Waals surface area (Å²) in [6, 6.07) is 21.2. The van der Waals surface area contributed by atoms with Crippen molar-refractivity contribution in [2.24, 2.45) is 0 Å². The van der Waals surface area contributed by atoms with Crippen molar-refractivity contribution in [2.45, 2.75) is 53.6 Å². The number of anilines is 2. The van der Waals surface area contributed by atoms with Gasteiger partial charge in [-0.3, -0.25) is 9.69 Å². The number of hydrogen-bond donors (Lipinski definition) is 1. The molecule has 1 aromatic heterocycles. The summed E-state index contributed by atoms with van der Waals surface area (Å²) in [7, 11) is 0. The number of aromatic nitrogens is 1. The summed E-state index contributed by atoms with van der Waals surface area (Å²) in [5.74, 6) is -0.190. The average molecular weight is 542 g/mol. The number of aryl methyl sites for hydroxylation is 3. The zero-order valence-electron chi connectivity index (χ0n) is 23.4. The normalized spacial score (nSPS) is 11.2. The summed E-state index contributed by atoms with van der Waals surface area (Å²) in [6.07, 6.45) is 0.186. The lowest BCUT2D eigenvalue weighted by atomic mass is 9.94. The van der Waals surface area contributed by atoms with Crippen LogP contribution in [0.15, 0.2) is 72.1 Å². The van der Waals surface area contributed by atoms with Crippen molar-refractivity contribution >= 4 is 34.7 Å². The van der Waals surface area contributed by atoms with E-state index in [0.29, 0.717) is 29.9 Å². The van der Waals surface area contributed by atoms with Crippen molar-refractivity contribution in [3.05, 3.63) is 99.5 Å². The number of nitrogens with zero attached hydrogens (tertiary/aromatic N) is 2. The van der Waals surface area contributed by atoms with Crippen LogP contribution >= 0.6 is 11.3 Å². The van der Waals surface area contributed by atoms with E-state index in [0.717, 1.165) is 27.4 Å². The molecule has 1 heterocycles. The minimum Gasteiger partial charge on any atom is -0.443 e. The number of amides is 2. The predicted molar refractivity (Wildman–Crippen MR) is 160 cm³/mol. The van der Waals surface area contributed by atoms with Gasteiger partial charge in [0.25, 0.3) is 5.91 Å². The lowest BCUT2D eigenvalue weighted by Crippen LogP contribution is -2.38. The fourth-order valence-corrected chi connectivity index (χ4v) is 4.92. The van der Waals surface area contributed by atoms with Gasteiger partial charge in [-0.05, 0) is 88.6 Å². The van der Waals surface area contributed by atoms with Crippen LogP contribution < -0.4 is 10.2 Å². The van der Waals surface area contributed by atoms with Crippen LogP contribution in [0.25, 0.3) is 11.1 Å². The fourth-order valence-electron chi connectivity index (χ4n) is 4.28. The Morgan fingerprint density at radius 3 is 2.26 bits per heavy atom. The number of thiazole rings is 1. The van der Waals surface area contributed by atoms with Crippen molar-refractivity contribution in [1.29, 1.82) is 0 Å². The Hall–Kier alpha value is -3.97. The number of nitrogens with one attached hydrogen (secondary N) is 1. The molecule has 0 saturated heterocycles. The zero-order valence-corrected chi connectivity index (χ0v) is 24.2. The predicted octanol–water partition coefficient (Wildman–Crippen LogP) is 7.97. The second kappa shape index (κ2) is 11.8. The summed E-state index contributed by atoms with van der Waals surface area (Å²) in [5.41, 5.74) is 6.37. The Labute approximate surface area is 234 Å². The first-order chi connectivity index (χ1) is 18.5. The Morgan fingerprint density at radius 2 is 1.64 bits per heavy atom. The second-order valence-electron chi connectivity index (χ2n) is 10.6. The van der Waals surface area contributed by atoms with E-state index >= 15 is 0 Å². The van der Waals surface area contributed by atoms with Gasteiger partial charge in [0.15, 0.2) is 0 Å². The van der Waals surface area contributed by atoms with E-state index in [-0.39, 0.29) is 5.91 Å². The van der Waals surface area contributed by atoms with Crippen LogP contribution in [0, 0.1) is 20.8 Å². The van der Waals surface area contributed by atoms with Gasteiger partial charge in [-0.1, -0.05) is 42.0 Å². The van der Waals surface area contributed by atoms with E-state index in [1.807, 2.05) is 102 Å². The lowest BCUT2D eigenvalue weighted by Gasteiger charge is -2.27. The number of hydrogen-bond acceptors (Lipinski definition) is 5. The Morgan fingerprint density at radius 1 is 0.949 bits per heavy atom. The monoisotopic (exact) mass is 541 g/mol. The molecule has 0 atom stereocenters. The number of benzene rings is 3. The highest BCUT2D eigenvalue weighted by Gasteiger charge is 2.24. The molecular weight excluding hydrogens is 506 g/mol. The van der Waals surface area contributed by atoms with Crippen LogP contribution in [-0.2, 0) is 11.2 Å². The number of carbonyl (C=O) groups is 2. The molecule has 0 bridgehead atoms. The van der Waals surface area contributed by atoms with E-state index in [4.69, 9.17) is 4.74 Å². The van der Waals surface area contributed by atoms with Crippen LogP contribution in [0.3, 0.4) is 0 Å². The molecule has 1 N–H and O–H groups in total. The highest BCUT2D eigenvalue weighted by atomic mass is 32.1. The number of rotatable bonds is 7. The molecule has 39 heavy (non-hydrogen) atoms. The quantitative estimate of drug-likeness (QED) is 0.258. The van der Waals surface area contributed by atoms with Gasteiger partial charge < -0.3 is 10.1 Å². The van der Waals surface area contributed by atoms with Crippen LogP contribution in [-0.4, -0.2) is 29.1 Å². The molecule has 4 rings (SSSR count). The van der Waals surface area contributed by atoms with Crippen molar-refractivity contribution in [1.82, 2.24) is 4.98 Å². The third-order valence-electron chi connectivity index (χ3n) is 6.17. The Balaban J connectivity index is 1.54. The maximum absolute atomic E-state index is 13.4. The summed E-state index contributed by atoms with van der Waals surface area (Å²) in [6.45, 7) is 12.0. The highest BCUT2D eigenvalue weighted by molar-refractivity contribution is 7.09. The van der Waals surface area contributed by atoms with Gasteiger partial charge in [0.05, 0.1) is 10.7 Å². The minimum atomic E-state index is -0.622. The molecule has 0 unspecified atom stereocenters. The second-order valence-corrected chi connectivity index (χ2v) is 11.7. The molecule has 7 heteroatoms. The van der Waals surface area contributed by atoms with Gasteiger partial charge in [0.1, 0.15) is 5.60 Å². The van der Waals surface area contributed by atoms with Crippen molar-refractivity contribution in [2.75, 3.05) is 16.8 Å². The van der Waals surface area contributed by atoms with Crippen LogP contribution in [0.4, 0.5) is 16.2 Å². The molecule has 202 valence electrons.